The highest BCUT2D eigenvalue weighted by atomic mass is 35.5. The SMILES string of the molecule is Cc1sc2nc(CC(=O)O)cn2c1-c1ccc(Cl)cc1Cl. The Kier molecular flexibility index (Phi) is 3.65. The van der Waals surface area contributed by atoms with Crippen LogP contribution in [0.5, 0.6) is 0 Å². The van der Waals surface area contributed by atoms with Crippen molar-refractivity contribution < 1.29 is 9.90 Å². The fourth-order valence-corrected chi connectivity index (χ4v) is 3.72. The molecule has 0 radical (unpaired) electrons. The largest absolute Gasteiger partial charge is 0.481 e. The Morgan fingerprint density at radius 1 is 1.43 bits per heavy atom. The second-order valence-electron chi connectivity index (χ2n) is 4.59. The predicted octanol–water partition coefficient (Wildman–Crippen LogP) is 4.31. The lowest BCUT2D eigenvalue weighted by Crippen LogP contribution is -1.99. The molecule has 0 aliphatic carbocycles. The number of carboxylic acid groups (broad SMARTS) is 1. The van der Waals surface area contributed by atoms with Crippen molar-refractivity contribution in [3.05, 3.63) is 45.0 Å². The third-order valence-electron chi connectivity index (χ3n) is 3.06. The molecule has 1 aromatic carbocycles. The molecular formula is C14H10Cl2N2O2S. The first-order valence-electron chi connectivity index (χ1n) is 6.10. The molecule has 7 heteroatoms. The summed E-state index contributed by atoms with van der Waals surface area (Å²) in [6, 6.07) is 5.33. The van der Waals surface area contributed by atoms with Crippen LogP contribution in [-0.4, -0.2) is 20.5 Å². The number of thiazole rings is 1. The van der Waals surface area contributed by atoms with Crippen molar-refractivity contribution in [1.82, 2.24) is 9.38 Å². The number of halogens is 2. The number of nitrogens with zero attached hydrogens (tertiary/aromatic N) is 2. The van der Waals surface area contributed by atoms with Crippen LogP contribution in [0.25, 0.3) is 16.2 Å². The lowest BCUT2D eigenvalue weighted by atomic mass is 10.1. The third-order valence-corrected chi connectivity index (χ3v) is 4.58. The van der Waals surface area contributed by atoms with Crippen molar-refractivity contribution in [3.63, 3.8) is 0 Å². The van der Waals surface area contributed by atoms with E-state index in [4.69, 9.17) is 28.3 Å². The number of aromatic nitrogens is 2. The summed E-state index contributed by atoms with van der Waals surface area (Å²) in [6.07, 6.45) is 1.65. The van der Waals surface area contributed by atoms with Gasteiger partial charge in [-0.05, 0) is 25.1 Å². The zero-order valence-corrected chi connectivity index (χ0v) is 13.3. The van der Waals surface area contributed by atoms with E-state index < -0.39 is 5.97 Å². The maximum Gasteiger partial charge on any atom is 0.309 e. The van der Waals surface area contributed by atoms with Gasteiger partial charge in [-0.2, -0.15) is 0 Å². The predicted molar refractivity (Wildman–Crippen MR) is 84.6 cm³/mol. The van der Waals surface area contributed by atoms with E-state index in [1.54, 1.807) is 18.3 Å². The Bertz CT molecular complexity index is 854. The number of benzene rings is 1. The quantitative estimate of drug-likeness (QED) is 0.773. The average molecular weight is 341 g/mol. The van der Waals surface area contributed by atoms with Gasteiger partial charge in [-0.15, -0.1) is 11.3 Å². The van der Waals surface area contributed by atoms with E-state index in [2.05, 4.69) is 4.98 Å². The summed E-state index contributed by atoms with van der Waals surface area (Å²) in [5, 5.41) is 9.99. The molecule has 0 bridgehead atoms. The minimum absolute atomic E-state index is 0.0960. The number of hydrogen-bond donors (Lipinski definition) is 1. The van der Waals surface area contributed by atoms with Gasteiger partial charge in [-0.1, -0.05) is 23.2 Å². The molecular weight excluding hydrogens is 331 g/mol. The second-order valence-corrected chi connectivity index (χ2v) is 6.61. The molecule has 1 N–H and O–H groups in total. The van der Waals surface area contributed by atoms with Gasteiger partial charge in [0.15, 0.2) is 4.96 Å². The highest BCUT2D eigenvalue weighted by Gasteiger charge is 2.17. The zero-order chi connectivity index (χ0) is 15.1. The van der Waals surface area contributed by atoms with Gasteiger partial charge in [0, 0.05) is 21.7 Å². The molecule has 0 fully saturated rings. The summed E-state index contributed by atoms with van der Waals surface area (Å²) in [5.41, 5.74) is 2.30. The normalized spacial score (nSPS) is 11.2. The van der Waals surface area contributed by atoms with Gasteiger partial charge >= 0.3 is 5.97 Å². The third kappa shape index (κ3) is 2.64. The van der Waals surface area contributed by atoms with E-state index in [1.165, 1.54) is 11.3 Å². The van der Waals surface area contributed by atoms with Gasteiger partial charge in [-0.3, -0.25) is 9.20 Å². The van der Waals surface area contributed by atoms with Gasteiger partial charge in [-0.25, -0.2) is 4.98 Å². The van der Waals surface area contributed by atoms with Gasteiger partial charge < -0.3 is 5.11 Å². The number of carboxylic acids is 1. The van der Waals surface area contributed by atoms with Crippen molar-refractivity contribution >= 4 is 45.5 Å². The summed E-state index contributed by atoms with van der Waals surface area (Å²) in [4.78, 5) is 17.0. The van der Waals surface area contributed by atoms with Crippen LogP contribution in [0.1, 0.15) is 10.6 Å². The fourth-order valence-electron chi connectivity index (χ4n) is 2.24. The van der Waals surface area contributed by atoms with Crippen molar-refractivity contribution in [3.8, 4) is 11.3 Å². The Morgan fingerprint density at radius 3 is 2.86 bits per heavy atom. The van der Waals surface area contributed by atoms with Crippen LogP contribution in [0, 0.1) is 6.92 Å². The molecule has 0 aliphatic rings. The fraction of sp³-hybridized carbons (Fsp3) is 0.143. The van der Waals surface area contributed by atoms with E-state index >= 15 is 0 Å². The first-order chi connectivity index (χ1) is 9.95. The summed E-state index contributed by atoms with van der Waals surface area (Å²) in [6.45, 7) is 1.98. The molecule has 2 heterocycles. The summed E-state index contributed by atoms with van der Waals surface area (Å²) < 4.78 is 1.88. The highest BCUT2D eigenvalue weighted by Crippen LogP contribution is 2.36. The Labute approximate surface area is 134 Å². The number of aliphatic carboxylic acids is 1. The van der Waals surface area contributed by atoms with Gasteiger partial charge in [0.1, 0.15) is 0 Å². The van der Waals surface area contributed by atoms with Crippen LogP contribution in [-0.2, 0) is 11.2 Å². The molecule has 0 atom stereocenters. The maximum absolute atomic E-state index is 10.8. The Morgan fingerprint density at radius 2 is 2.19 bits per heavy atom. The van der Waals surface area contributed by atoms with Crippen molar-refractivity contribution in [2.45, 2.75) is 13.3 Å². The smallest absolute Gasteiger partial charge is 0.309 e. The van der Waals surface area contributed by atoms with Gasteiger partial charge in [0.05, 0.1) is 22.8 Å². The number of hydrogen-bond acceptors (Lipinski definition) is 3. The zero-order valence-electron chi connectivity index (χ0n) is 10.9. The minimum atomic E-state index is -0.899. The molecule has 0 spiro atoms. The lowest BCUT2D eigenvalue weighted by molar-refractivity contribution is -0.136. The number of rotatable bonds is 3. The maximum atomic E-state index is 10.8. The number of aryl methyl sites for hydroxylation is 1. The molecule has 108 valence electrons. The van der Waals surface area contributed by atoms with E-state index in [0.29, 0.717) is 15.7 Å². The Balaban J connectivity index is 2.18. The number of fused-ring (bicyclic) bond motifs is 1. The highest BCUT2D eigenvalue weighted by molar-refractivity contribution is 7.17. The van der Waals surface area contributed by atoms with E-state index in [0.717, 1.165) is 21.1 Å². The van der Waals surface area contributed by atoms with Gasteiger partial charge in [0.25, 0.3) is 0 Å². The van der Waals surface area contributed by atoms with Gasteiger partial charge in [0.2, 0.25) is 0 Å². The summed E-state index contributed by atoms with van der Waals surface area (Å²) in [7, 11) is 0. The molecule has 0 amide bonds. The molecule has 0 unspecified atom stereocenters. The molecule has 4 nitrogen and oxygen atoms in total. The lowest BCUT2D eigenvalue weighted by Gasteiger charge is -2.05. The molecule has 0 saturated heterocycles. The standard InChI is InChI=1S/C14H10Cl2N2O2S/c1-7-13(10-3-2-8(15)4-11(10)16)18-6-9(5-12(19)20)17-14(18)21-7/h2-4,6H,5H2,1H3,(H,19,20). The Hall–Kier alpha value is -1.56. The van der Waals surface area contributed by atoms with Crippen LogP contribution in [0.4, 0.5) is 0 Å². The molecule has 0 aliphatic heterocycles. The van der Waals surface area contributed by atoms with Crippen molar-refractivity contribution in [2.24, 2.45) is 0 Å². The average Bonchev–Trinajstić information content (AvgIpc) is 2.86. The van der Waals surface area contributed by atoms with Crippen LogP contribution in [0.3, 0.4) is 0 Å². The van der Waals surface area contributed by atoms with Crippen LogP contribution >= 0.6 is 34.5 Å². The van der Waals surface area contributed by atoms with E-state index in [-0.39, 0.29) is 6.42 Å². The molecule has 21 heavy (non-hydrogen) atoms. The van der Waals surface area contributed by atoms with E-state index in [9.17, 15) is 4.79 Å². The monoisotopic (exact) mass is 340 g/mol. The first-order valence-corrected chi connectivity index (χ1v) is 7.67. The van der Waals surface area contributed by atoms with Crippen molar-refractivity contribution in [1.29, 1.82) is 0 Å². The first kappa shape index (κ1) is 14.4. The molecule has 3 aromatic rings. The minimum Gasteiger partial charge on any atom is -0.481 e. The summed E-state index contributed by atoms with van der Waals surface area (Å²) >= 11 is 13.7. The molecule has 0 saturated carbocycles. The molecule has 2 aromatic heterocycles. The van der Waals surface area contributed by atoms with E-state index in [1.807, 2.05) is 17.4 Å². The van der Waals surface area contributed by atoms with Crippen LogP contribution in [0.15, 0.2) is 24.4 Å². The van der Waals surface area contributed by atoms with Crippen LogP contribution < -0.4 is 0 Å². The summed E-state index contributed by atoms with van der Waals surface area (Å²) in [5.74, 6) is -0.899. The number of carbonyl (C=O) groups is 1. The van der Waals surface area contributed by atoms with Crippen LogP contribution in [0.2, 0.25) is 10.0 Å². The second kappa shape index (κ2) is 5.33. The molecule has 3 rings (SSSR count). The van der Waals surface area contributed by atoms with Crippen molar-refractivity contribution in [2.75, 3.05) is 0 Å². The topological polar surface area (TPSA) is 54.6 Å². The number of imidazole rings is 1.